The van der Waals surface area contributed by atoms with E-state index in [1.165, 1.54) is 16.1 Å². The van der Waals surface area contributed by atoms with Crippen molar-refractivity contribution in [3.05, 3.63) is 46.6 Å². The summed E-state index contributed by atoms with van der Waals surface area (Å²) < 4.78 is 30.2. The van der Waals surface area contributed by atoms with Crippen LogP contribution in [-0.4, -0.2) is 66.1 Å². The van der Waals surface area contributed by atoms with Crippen LogP contribution in [0.3, 0.4) is 0 Å². The molecule has 2 aliphatic rings. The number of aryl methyl sites for hydroxylation is 2. The minimum Gasteiger partial charge on any atom is -0.339 e. The first kappa shape index (κ1) is 21.0. The Morgan fingerprint density at radius 1 is 1.17 bits per heavy atom. The highest BCUT2D eigenvalue weighted by Crippen LogP contribution is 2.28. The fraction of sp³-hybridized carbons (Fsp3) is 0.571. The first-order valence-corrected chi connectivity index (χ1v) is 12.2. The molecule has 8 nitrogen and oxygen atoms in total. The second-order valence-corrected chi connectivity index (χ2v) is 10.5. The van der Waals surface area contributed by atoms with Crippen molar-refractivity contribution in [3.63, 3.8) is 0 Å². The lowest BCUT2D eigenvalue weighted by atomic mass is 9.94. The van der Waals surface area contributed by atoms with Gasteiger partial charge in [0, 0.05) is 50.0 Å². The molecule has 30 heavy (non-hydrogen) atoms. The number of aromatic nitrogens is 2. The van der Waals surface area contributed by atoms with Gasteiger partial charge in [-0.2, -0.15) is 4.98 Å². The monoisotopic (exact) mass is 432 g/mol. The van der Waals surface area contributed by atoms with Crippen molar-refractivity contribution >= 4 is 15.9 Å². The molecule has 2 fully saturated rings. The van der Waals surface area contributed by atoms with Crippen molar-refractivity contribution in [2.45, 2.75) is 39.0 Å². The van der Waals surface area contributed by atoms with E-state index in [9.17, 15) is 13.2 Å². The summed E-state index contributed by atoms with van der Waals surface area (Å²) in [5, 5.41) is 4.12. The average molecular weight is 433 g/mol. The van der Waals surface area contributed by atoms with Gasteiger partial charge in [0.2, 0.25) is 15.9 Å². The Balaban J connectivity index is 1.28. The van der Waals surface area contributed by atoms with Gasteiger partial charge in [0.15, 0.2) is 5.82 Å². The highest BCUT2D eigenvalue weighted by molar-refractivity contribution is 7.88. The van der Waals surface area contributed by atoms with E-state index in [1.807, 2.05) is 36.9 Å². The van der Waals surface area contributed by atoms with Crippen LogP contribution in [0.2, 0.25) is 0 Å². The summed E-state index contributed by atoms with van der Waals surface area (Å²) in [6, 6.07) is 5.82. The minimum absolute atomic E-state index is 0.0678. The summed E-state index contributed by atoms with van der Waals surface area (Å²) >= 11 is 0. The molecule has 2 aromatic rings. The maximum absolute atomic E-state index is 12.6. The van der Waals surface area contributed by atoms with Gasteiger partial charge in [-0.05, 0) is 49.9 Å². The van der Waals surface area contributed by atoms with E-state index in [4.69, 9.17) is 4.52 Å². The van der Waals surface area contributed by atoms with Gasteiger partial charge in [-0.1, -0.05) is 11.2 Å². The maximum atomic E-state index is 12.6. The van der Waals surface area contributed by atoms with E-state index in [0.29, 0.717) is 63.1 Å². The average Bonchev–Trinajstić information content (AvgIpc) is 3.14. The van der Waals surface area contributed by atoms with Crippen LogP contribution in [0.15, 0.2) is 22.7 Å². The molecular formula is C21H28N4O4S. The Bertz CT molecular complexity index is 1040. The quantitative estimate of drug-likeness (QED) is 0.718. The van der Waals surface area contributed by atoms with Gasteiger partial charge in [-0.15, -0.1) is 0 Å². The maximum Gasteiger partial charge on any atom is 0.253 e. The van der Waals surface area contributed by atoms with E-state index in [-0.39, 0.29) is 11.8 Å². The molecule has 0 unspecified atom stereocenters. The Kier molecular flexibility index (Phi) is 5.67. The first-order valence-electron chi connectivity index (χ1n) is 10.3. The van der Waals surface area contributed by atoms with Crippen LogP contribution < -0.4 is 0 Å². The van der Waals surface area contributed by atoms with Gasteiger partial charge in [-0.3, -0.25) is 4.79 Å². The Labute approximate surface area is 177 Å². The number of hydrogen-bond acceptors (Lipinski definition) is 6. The zero-order chi connectivity index (χ0) is 21.5. The van der Waals surface area contributed by atoms with Gasteiger partial charge in [0.25, 0.3) is 5.91 Å². The van der Waals surface area contributed by atoms with Crippen LogP contribution >= 0.6 is 0 Å². The molecule has 1 amide bonds. The SMILES string of the molecule is Cc1ccc(C(=O)N2CC(Cc3nc(C4CCN(S(C)(=O)=O)CC4)no3)C2)cc1C. The Morgan fingerprint density at radius 2 is 1.87 bits per heavy atom. The molecule has 0 saturated carbocycles. The molecule has 9 heteroatoms. The van der Waals surface area contributed by atoms with E-state index in [1.54, 1.807) is 0 Å². The van der Waals surface area contributed by atoms with Gasteiger partial charge in [0.05, 0.1) is 6.26 Å². The molecule has 2 saturated heterocycles. The molecule has 0 radical (unpaired) electrons. The van der Waals surface area contributed by atoms with E-state index < -0.39 is 10.0 Å². The fourth-order valence-electron chi connectivity index (χ4n) is 4.13. The number of carbonyl (C=O) groups is 1. The van der Waals surface area contributed by atoms with Crippen molar-refractivity contribution in [1.29, 1.82) is 0 Å². The summed E-state index contributed by atoms with van der Waals surface area (Å²) in [6.07, 6.45) is 3.31. The van der Waals surface area contributed by atoms with E-state index in [2.05, 4.69) is 10.1 Å². The van der Waals surface area contributed by atoms with Gasteiger partial charge in [-0.25, -0.2) is 12.7 Å². The Hall–Kier alpha value is -2.26. The molecular weight excluding hydrogens is 404 g/mol. The molecule has 0 aliphatic carbocycles. The predicted molar refractivity (Wildman–Crippen MR) is 112 cm³/mol. The third kappa shape index (κ3) is 4.41. The number of hydrogen-bond donors (Lipinski definition) is 0. The number of sulfonamides is 1. The number of benzene rings is 1. The molecule has 0 N–H and O–H groups in total. The largest absolute Gasteiger partial charge is 0.339 e. The minimum atomic E-state index is -3.14. The molecule has 0 atom stereocenters. The molecule has 1 aromatic carbocycles. The van der Waals surface area contributed by atoms with Crippen LogP contribution in [0.4, 0.5) is 0 Å². The molecule has 1 aromatic heterocycles. The first-order chi connectivity index (χ1) is 14.2. The van der Waals surface area contributed by atoms with Crippen molar-refractivity contribution in [1.82, 2.24) is 19.3 Å². The predicted octanol–water partition coefficient (Wildman–Crippen LogP) is 2.14. The number of amides is 1. The third-order valence-corrected chi connectivity index (χ3v) is 7.54. The molecule has 4 rings (SSSR count). The van der Waals surface area contributed by atoms with Crippen LogP contribution in [0.1, 0.15) is 52.0 Å². The second kappa shape index (κ2) is 8.11. The number of carbonyl (C=O) groups excluding carboxylic acids is 1. The number of piperidine rings is 1. The highest BCUT2D eigenvalue weighted by atomic mass is 32.2. The van der Waals surface area contributed by atoms with Crippen LogP contribution in [0, 0.1) is 19.8 Å². The van der Waals surface area contributed by atoms with Crippen molar-refractivity contribution < 1.29 is 17.7 Å². The number of nitrogens with zero attached hydrogens (tertiary/aromatic N) is 4. The molecule has 0 bridgehead atoms. The smallest absolute Gasteiger partial charge is 0.253 e. The zero-order valence-electron chi connectivity index (χ0n) is 17.7. The summed E-state index contributed by atoms with van der Waals surface area (Å²) in [4.78, 5) is 19.0. The van der Waals surface area contributed by atoms with Crippen molar-refractivity contribution in [3.8, 4) is 0 Å². The summed E-state index contributed by atoms with van der Waals surface area (Å²) in [7, 11) is -3.14. The van der Waals surface area contributed by atoms with Crippen LogP contribution in [0.25, 0.3) is 0 Å². The third-order valence-electron chi connectivity index (χ3n) is 6.23. The topological polar surface area (TPSA) is 96.6 Å². The van der Waals surface area contributed by atoms with Gasteiger partial charge < -0.3 is 9.42 Å². The number of likely N-dealkylation sites (tertiary alicyclic amines) is 1. The molecule has 162 valence electrons. The molecule has 0 spiro atoms. The van der Waals surface area contributed by atoms with E-state index in [0.717, 1.165) is 11.1 Å². The van der Waals surface area contributed by atoms with Gasteiger partial charge in [0.1, 0.15) is 0 Å². The molecule has 3 heterocycles. The Morgan fingerprint density at radius 3 is 2.50 bits per heavy atom. The molecule has 2 aliphatic heterocycles. The summed E-state index contributed by atoms with van der Waals surface area (Å²) in [5.41, 5.74) is 3.04. The summed E-state index contributed by atoms with van der Waals surface area (Å²) in [5.74, 6) is 1.78. The van der Waals surface area contributed by atoms with E-state index >= 15 is 0 Å². The lowest BCUT2D eigenvalue weighted by Gasteiger charge is -2.38. The van der Waals surface area contributed by atoms with Crippen LogP contribution in [0.5, 0.6) is 0 Å². The lowest BCUT2D eigenvalue weighted by molar-refractivity contribution is 0.0487. The zero-order valence-corrected chi connectivity index (χ0v) is 18.5. The van der Waals surface area contributed by atoms with Crippen molar-refractivity contribution in [2.24, 2.45) is 5.92 Å². The standard InChI is InChI=1S/C21H28N4O4S/c1-14-4-5-18(10-15(14)2)21(26)24-12-16(13-24)11-19-22-20(23-29-19)17-6-8-25(9-7-17)30(3,27)28/h4-5,10,16-17H,6-9,11-13H2,1-3H3. The van der Waals surface area contributed by atoms with Crippen molar-refractivity contribution in [2.75, 3.05) is 32.4 Å². The summed E-state index contributed by atoms with van der Waals surface area (Å²) in [6.45, 7) is 6.42. The second-order valence-electron chi connectivity index (χ2n) is 8.56. The van der Waals surface area contributed by atoms with Gasteiger partial charge >= 0.3 is 0 Å². The fourth-order valence-corrected chi connectivity index (χ4v) is 5.01. The number of rotatable bonds is 5. The lowest BCUT2D eigenvalue weighted by Crippen LogP contribution is -2.50. The van der Waals surface area contributed by atoms with Crippen LogP contribution in [-0.2, 0) is 16.4 Å². The normalized spacial score (nSPS) is 19.1. The highest BCUT2D eigenvalue weighted by Gasteiger charge is 2.33.